The van der Waals surface area contributed by atoms with Gasteiger partial charge in [-0.3, -0.25) is 4.79 Å². The molecular weight excluding hydrogens is 382 g/mol. The Balaban J connectivity index is 1.34. The molecule has 9 nitrogen and oxygen atoms in total. The minimum atomic E-state index is -0.0217. The van der Waals surface area contributed by atoms with E-state index < -0.39 is 0 Å². The molecule has 0 unspecified atom stereocenters. The molecule has 1 N–H and O–H groups in total. The lowest BCUT2D eigenvalue weighted by molar-refractivity contribution is 0.0746. The van der Waals surface area contributed by atoms with E-state index in [0.29, 0.717) is 43.4 Å². The zero-order valence-corrected chi connectivity index (χ0v) is 16.9. The van der Waals surface area contributed by atoms with Crippen LogP contribution in [0.1, 0.15) is 15.9 Å². The SMILES string of the molecule is COc1cc(C(=O)N2CCN(c3ccc(Nc4ccc(C)cn4)nn3)CC2)ccn1. The Hall–Kier alpha value is -3.75. The molecule has 3 aromatic rings. The van der Waals surface area contributed by atoms with E-state index in [4.69, 9.17) is 4.74 Å². The lowest BCUT2D eigenvalue weighted by Gasteiger charge is -2.35. The van der Waals surface area contributed by atoms with Crippen LogP contribution in [0.4, 0.5) is 17.5 Å². The fourth-order valence-corrected chi connectivity index (χ4v) is 3.21. The van der Waals surface area contributed by atoms with E-state index >= 15 is 0 Å². The summed E-state index contributed by atoms with van der Waals surface area (Å²) < 4.78 is 5.11. The molecule has 0 radical (unpaired) electrons. The molecule has 1 aliphatic heterocycles. The minimum absolute atomic E-state index is 0.0217. The molecule has 1 saturated heterocycles. The molecule has 0 bridgehead atoms. The fourth-order valence-electron chi connectivity index (χ4n) is 3.21. The summed E-state index contributed by atoms with van der Waals surface area (Å²) in [7, 11) is 1.54. The van der Waals surface area contributed by atoms with Crippen LogP contribution in [-0.2, 0) is 0 Å². The number of pyridine rings is 2. The third-order valence-corrected chi connectivity index (χ3v) is 4.90. The van der Waals surface area contributed by atoms with Crippen LogP contribution < -0.4 is 15.0 Å². The van der Waals surface area contributed by atoms with Crippen molar-refractivity contribution < 1.29 is 9.53 Å². The Morgan fingerprint density at radius 3 is 2.47 bits per heavy atom. The van der Waals surface area contributed by atoms with Gasteiger partial charge in [0.15, 0.2) is 11.6 Å². The number of carbonyl (C=O) groups excluding carboxylic acids is 1. The highest BCUT2D eigenvalue weighted by molar-refractivity contribution is 5.94. The molecule has 3 aromatic heterocycles. The second kappa shape index (κ2) is 8.73. The highest BCUT2D eigenvalue weighted by Gasteiger charge is 2.23. The van der Waals surface area contributed by atoms with Gasteiger partial charge in [0.25, 0.3) is 5.91 Å². The average molecular weight is 405 g/mol. The van der Waals surface area contributed by atoms with Gasteiger partial charge in [-0.05, 0) is 36.8 Å². The lowest BCUT2D eigenvalue weighted by Crippen LogP contribution is -2.49. The first kappa shape index (κ1) is 19.6. The first-order valence-electron chi connectivity index (χ1n) is 9.70. The summed E-state index contributed by atoms with van der Waals surface area (Å²) in [5, 5.41) is 11.7. The summed E-state index contributed by atoms with van der Waals surface area (Å²) >= 11 is 0. The van der Waals surface area contributed by atoms with Crippen LogP contribution in [0.15, 0.2) is 48.8 Å². The number of methoxy groups -OCH3 is 1. The van der Waals surface area contributed by atoms with Crippen LogP contribution in [0.25, 0.3) is 0 Å². The minimum Gasteiger partial charge on any atom is -0.481 e. The van der Waals surface area contributed by atoms with E-state index in [1.54, 1.807) is 24.5 Å². The van der Waals surface area contributed by atoms with Gasteiger partial charge >= 0.3 is 0 Å². The number of hydrogen-bond donors (Lipinski definition) is 1. The number of nitrogens with one attached hydrogen (secondary N) is 1. The second-order valence-electron chi connectivity index (χ2n) is 6.99. The van der Waals surface area contributed by atoms with E-state index in [2.05, 4.69) is 30.4 Å². The maximum atomic E-state index is 12.7. The molecule has 9 heteroatoms. The van der Waals surface area contributed by atoms with Gasteiger partial charge in [0.1, 0.15) is 5.82 Å². The van der Waals surface area contributed by atoms with Gasteiger partial charge in [-0.2, -0.15) is 0 Å². The number of piperazine rings is 1. The van der Waals surface area contributed by atoms with E-state index in [9.17, 15) is 4.79 Å². The Labute approximate surface area is 174 Å². The van der Waals surface area contributed by atoms with Gasteiger partial charge in [0, 0.05) is 50.2 Å². The van der Waals surface area contributed by atoms with Crippen LogP contribution in [0.5, 0.6) is 5.88 Å². The van der Waals surface area contributed by atoms with E-state index in [-0.39, 0.29) is 5.91 Å². The Morgan fingerprint density at radius 2 is 1.80 bits per heavy atom. The summed E-state index contributed by atoms with van der Waals surface area (Å²) in [5.41, 5.74) is 1.68. The van der Waals surface area contributed by atoms with Gasteiger partial charge in [0.05, 0.1) is 7.11 Å². The van der Waals surface area contributed by atoms with Crippen LogP contribution >= 0.6 is 0 Å². The predicted octanol–water partition coefficient (Wildman–Crippen LogP) is 2.29. The van der Waals surface area contributed by atoms with Crippen LogP contribution in [0.3, 0.4) is 0 Å². The third-order valence-electron chi connectivity index (χ3n) is 4.90. The Kier molecular flexibility index (Phi) is 5.69. The molecule has 1 amide bonds. The first-order chi connectivity index (χ1) is 14.6. The molecule has 154 valence electrons. The molecule has 0 spiro atoms. The summed E-state index contributed by atoms with van der Waals surface area (Å²) in [5.74, 6) is 2.56. The van der Waals surface area contributed by atoms with Gasteiger partial charge in [0.2, 0.25) is 5.88 Å². The number of ether oxygens (including phenoxy) is 1. The third kappa shape index (κ3) is 4.45. The van der Waals surface area contributed by atoms with E-state index in [1.807, 2.05) is 36.1 Å². The number of aromatic nitrogens is 4. The van der Waals surface area contributed by atoms with Crippen molar-refractivity contribution in [1.82, 2.24) is 25.1 Å². The molecule has 0 atom stereocenters. The molecule has 1 fully saturated rings. The average Bonchev–Trinajstić information content (AvgIpc) is 2.81. The number of nitrogens with zero attached hydrogens (tertiary/aromatic N) is 6. The molecule has 4 heterocycles. The van der Waals surface area contributed by atoms with Crippen LogP contribution in [0, 0.1) is 6.92 Å². The Bertz CT molecular complexity index is 1000. The van der Waals surface area contributed by atoms with Crippen molar-refractivity contribution in [3.63, 3.8) is 0 Å². The van der Waals surface area contributed by atoms with Gasteiger partial charge < -0.3 is 19.9 Å². The molecule has 0 aliphatic carbocycles. The van der Waals surface area contributed by atoms with Crippen LogP contribution in [-0.4, -0.2) is 64.3 Å². The highest BCUT2D eigenvalue weighted by Crippen LogP contribution is 2.18. The number of aryl methyl sites for hydroxylation is 1. The second-order valence-corrected chi connectivity index (χ2v) is 6.99. The lowest BCUT2D eigenvalue weighted by atomic mass is 10.2. The number of hydrogen-bond acceptors (Lipinski definition) is 8. The van der Waals surface area contributed by atoms with E-state index in [1.165, 1.54) is 7.11 Å². The fraction of sp³-hybridized carbons (Fsp3) is 0.286. The van der Waals surface area contributed by atoms with Crippen molar-refractivity contribution in [3.8, 4) is 5.88 Å². The summed E-state index contributed by atoms with van der Waals surface area (Å²) in [6.45, 7) is 4.59. The molecule has 1 aliphatic rings. The van der Waals surface area contributed by atoms with Crippen molar-refractivity contribution in [1.29, 1.82) is 0 Å². The van der Waals surface area contributed by atoms with Crippen molar-refractivity contribution in [3.05, 3.63) is 59.9 Å². The predicted molar refractivity (Wildman–Crippen MR) is 113 cm³/mol. The van der Waals surface area contributed by atoms with Crippen molar-refractivity contribution in [2.24, 2.45) is 0 Å². The van der Waals surface area contributed by atoms with Crippen molar-refractivity contribution >= 4 is 23.4 Å². The number of amides is 1. The van der Waals surface area contributed by atoms with Gasteiger partial charge in [-0.1, -0.05) is 6.07 Å². The number of rotatable bonds is 5. The monoisotopic (exact) mass is 405 g/mol. The summed E-state index contributed by atoms with van der Waals surface area (Å²) in [6, 6.07) is 11.1. The molecule has 0 saturated carbocycles. The smallest absolute Gasteiger partial charge is 0.254 e. The topological polar surface area (TPSA) is 96.4 Å². The van der Waals surface area contributed by atoms with E-state index in [0.717, 1.165) is 17.2 Å². The van der Waals surface area contributed by atoms with Gasteiger partial charge in [-0.15, -0.1) is 10.2 Å². The number of carbonyl (C=O) groups is 1. The zero-order valence-electron chi connectivity index (χ0n) is 16.9. The molecule has 0 aromatic carbocycles. The van der Waals surface area contributed by atoms with Crippen LogP contribution in [0.2, 0.25) is 0 Å². The first-order valence-corrected chi connectivity index (χ1v) is 9.70. The summed E-state index contributed by atoms with van der Waals surface area (Å²) in [4.78, 5) is 25.0. The Morgan fingerprint density at radius 1 is 1.00 bits per heavy atom. The van der Waals surface area contributed by atoms with Gasteiger partial charge in [-0.25, -0.2) is 9.97 Å². The normalized spacial score (nSPS) is 13.8. The van der Waals surface area contributed by atoms with Crippen molar-refractivity contribution in [2.45, 2.75) is 6.92 Å². The molecule has 30 heavy (non-hydrogen) atoms. The quantitative estimate of drug-likeness (QED) is 0.691. The highest BCUT2D eigenvalue weighted by atomic mass is 16.5. The standard InChI is InChI=1S/C21H23N7O2/c1-15-3-4-17(23-14-15)24-18-5-6-19(26-25-18)27-9-11-28(12-10-27)21(29)16-7-8-22-20(13-16)30-2/h3-8,13-14H,9-12H2,1-2H3,(H,23,24,25). The molecular formula is C21H23N7O2. The maximum Gasteiger partial charge on any atom is 0.254 e. The van der Waals surface area contributed by atoms with Crippen molar-refractivity contribution in [2.75, 3.05) is 43.5 Å². The maximum absolute atomic E-state index is 12.7. The summed E-state index contributed by atoms with van der Waals surface area (Å²) in [6.07, 6.45) is 3.38. The molecule has 4 rings (SSSR count). The zero-order chi connectivity index (χ0) is 20.9. The number of anilines is 3. The largest absolute Gasteiger partial charge is 0.481 e.